The van der Waals surface area contributed by atoms with E-state index < -0.39 is 6.09 Å². The summed E-state index contributed by atoms with van der Waals surface area (Å²) in [5.74, 6) is 0.131. The van der Waals surface area contributed by atoms with Crippen molar-refractivity contribution in [2.45, 2.75) is 5.92 Å². The average Bonchev–Trinajstić information content (AvgIpc) is 3.06. The molecule has 0 atom stereocenters. The first-order chi connectivity index (χ1) is 14.2. The summed E-state index contributed by atoms with van der Waals surface area (Å²) in [6, 6.07) is 27.2. The second kappa shape index (κ2) is 6.99. The first-order valence-electron chi connectivity index (χ1n) is 9.55. The highest BCUT2D eigenvalue weighted by Gasteiger charge is 2.29. The summed E-state index contributed by atoms with van der Waals surface area (Å²) >= 11 is 0. The molecule has 0 fully saturated rings. The van der Waals surface area contributed by atoms with Gasteiger partial charge in [0, 0.05) is 11.3 Å². The molecule has 0 spiro atoms. The molecular weight excluding hydrogens is 362 g/mol. The number of benzene rings is 4. The number of anilines is 1. The Morgan fingerprint density at radius 2 is 1.45 bits per heavy atom. The van der Waals surface area contributed by atoms with Gasteiger partial charge in [-0.05, 0) is 39.8 Å². The van der Waals surface area contributed by atoms with E-state index in [1.54, 1.807) is 18.2 Å². The van der Waals surface area contributed by atoms with Crippen LogP contribution in [0, 0.1) is 0 Å². The van der Waals surface area contributed by atoms with Crippen molar-refractivity contribution in [2.24, 2.45) is 0 Å². The van der Waals surface area contributed by atoms with Crippen LogP contribution in [0.5, 0.6) is 5.75 Å². The molecule has 0 aromatic heterocycles. The number of carbonyl (C=O) groups excluding carboxylic acids is 1. The van der Waals surface area contributed by atoms with E-state index >= 15 is 0 Å². The van der Waals surface area contributed by atoms with E-state index in [1.165, 1.54) is 22.3 Å². The Balaban J connectivity index is 1.37. The fraction of sp³-hybridized carbons (Fsp3) is 0.0800. The van der Waals surface area contributed by atoms with Crippen molar-refractivity contribution in [3.8, 4) is 16.9 Å². The molecule has 0 radical (unpaired) electrons. The first kappa shape index (κ1) is 17.3. The van der Waals surface area contributed by atoms with Gasteiger partial charge >= 0.3 is 6.09 Å². The summed E-state index contributed by atoms with van der Waals surface area (Å²) in [4.78, 5) is 12.5. The highest BCUT2D eigenvalue weighted by Crippen LogP contribution is 2.44. The van der Waals surface area contributed by atoms with Crippen LogP contribution in [0.4, 0.5) is 10.5 Å². The van der Waals surface area contributed by atoms with Crippen LogP contribution < -0.4 is 5.32 Å². The third-order valence-electron chi connectivity index (χ3n) is 5.46. The Morgan fingerprint density at radius 3 is 2.14 bits per heavy atom. The molecule has 5 rings (SSSR count). The van der Waals surface area contributed by atoms with E-state index in [4.69, 9.17) is 4.74 Å². The summed E-state index contributed by atoms with van der Waals surface area (Å²) < 4.78 is 5.60. The molecule has 142 valence electrons. The van der Waals surface area contributed by atoms with E-state index in [9.17, 15) is 9.90 Å². The number of phenolic OH excluding ortho intramolecular Hbond substituents is 1. The molecule has 1 aliphatic rings. The summed E-state index contributed by atoms with van der Waals surface area (Å²) in [5, 5.41) is 14.4. The Bertz CT molecular complexity index is 1180. The van der Waals surface area contributed by atoms with Crippen molar-refractivity contribution < 1.29 is 14.6 Å². The lowest BCUT2D eigenvalue weighted by molar-refractivity contribution is 0.158. The smallest absolute Gasteiger partial charge is 0.411 e. The van der Waals surface area contributed by atoms with Crippen LogP contribution in [0.3, 0.4) is 0 Å². The van der Waals surface area contributed by atoms with Crippen molar-refractivity contribution in [1.82, 2.24) is 0 Å². The second-order valence-corrected chi connectivity index (χ2v) is 7.13. The van der Waals surface area contributed by atoms with Crippen molar-refractivity contribution in [2.75, 3.05) is 11.9 Å². The zero-order chi connectivity index (χ0) is 19.8. The maximum absolute atomic E-state index is 12.5. The molecule has 29 heavy (non-hydrogen) atoms. The zero-order valence-corrected chi connectivity index (χ0v) is 15.6. The van der Waals surface area contributed by atoms with Crippen LogP contribution in [-0.4, -0.2) is 17.8 Å². The van der Waals surface area contributed by atoms with Crippen molar-refractivity contribution in [3.63, 3.8) is 0 Å². The van der Waals surface area contributed by atoms with Crippen molar-refractivity contribution in [1.29, 1.82) is 0 Å². The van der Waals surface area contributed by atoms with Gasteiger partial charge in [-0.15, -0.1) is 0 Å². The Kier molecular flexibility index (Phi) is 4.17. The van der Waals surface area contributed by atoms with Gasteiger partial charge in [0.15, 0.2) is 0 Å². The fourth-order valence-corrected chi connectivity index (χ4v) is 4.17. The molecule has 0 bridgehead atoms. The van der Waals surface area contributed by atoms with Crippen LogP contribution in [0.25, 0.3) is 21.9 Å². The Labute approximate surface area is 168 Å². The maximum Gasteiger partial charge on any atom is 0.411 e. The number of aromatic hydroxyl groups is 1. The first-order valence-corrected chi connectivity index (χ1v) is 9.55. The topological polar surface area (TPSA) is 58.6 Å². The molecule has 1 amide bonds. The summed E-state index contributed by atoms with van der Waals surface area (Å²) in [6.07, 6.45) is -0.539. The molecule has 4 nitrogen and oxygen atoms in total. The van der Waals surface area contributed by atoms with Gasteiger partial charge in [0.25, 0.3) is 0 Å². The molecule has 4 heteroatoms. The number of rotatable bonds is 3. The second-order valence-electron chi connectivity index (χ2n) is 7.13. The number of nitrogens with one attached hydrogen (secondary N) is 1. The van der Waals surface area contributed by atoms with Gasteiger partial charge in [-0.25, -0.2) is 4.79 Å². The number of ether oxygens (including phenoxy) is 1. The van der Waals surface area contributed by atoms with Gasteiger partial charge in [-0.3, -0.25) is 5.32 Å². The van der Waals surface area contributed by atoms with E-state index in [0.717, 1.165) is 5.39 Å². The van der Waals surface area contributed by atoms with Gasteiger partial charge in [-0.1, -0.05) is 72.8 Å². The standard InChI is InChI=1S/C25H19NO3/c27-23-14-6-8-16-7-5-13-22(24(16)23)26-25(28)29-15-21-19-11-3-1-9-17(19)18-10-2-4-12-20(18)21/h1-14,21,27H,15H2,(H,26,28). The number of hydrogen-bond acceptors (Lipinski definition) is 3. The third-order valence-corrected chi connectivity index (χ3v) is 5.46. The lowest BCUT2D eigenvalue weighted by atomic mass is 9.98. The van der Waals surface area contributed by atoms with Gasteiger partial charge in [0.1, 0.15) is 12.4 Å². The SMILES string of the molecule is O=C(Nc1cccc2cccc(O)c12)OCC1c2ccccc2-c2ccccc21. The molecule has 0 unspecified atom stereocenters. The molecule has 0 aliphatic heterocycles. The summed E-state index contributed by atoms with van der Waals surface area (Å²) in [5.41, 5.74) is 5.25. The number of fused-ring (bicyclic) bond motifs is 4. The van der Waals surface area contributed by atoms with Gasteiger partial charge in [-0.2, -0.15) is 0 Å². The number of carbonyl (C=O) groups is 1. The van der Waals surface area contributed by atoms with Crippen LogP contribution in [0.1, 0.15) is 17.0 Å². The van der Waals surface area contributed by atoms with Gasteiger partial charge in [0.05, 0.1) is 5.69 Å². The third kappa shape index (κ3) is 2.99. The van der Waals surface area contributed by atoms with Gasteiger partial charge in [0.2, 0.25) is 0 Å². The van der Waals surface area contributed by atoms with Crippen LogP contribution in [-0.2, 0) is 4.74 Å². The van der Waals surface area contributed by atoms with E-state index in [2.05, 4.69) is 29.6 Å². The molecular formula is C25H19NO3. The quantitative estimate of drug-likeness (QED) is 0.464. The molecule has 0 saturated carbocycles. The van der Waals surface area contributed by atoms with E-state index in [0.29, 0.717) is 11.1 Å². The lowest BCUT2D eigenvalue weighted by Gasteiger charge is -2.15. The van der Waals surface area contributed by atoms with E-state index in [-0.39, 0.29) is 18.3 Å². The Morgan fingerprint density at radius 1 is 0.828 bits per heavy atom. The minimum Gasteiger partial charge on any atom is -0.507 e. The van der Waals surface area contributed by atoms with Crippen LogP contribution in [0.15, 0.2) is 84.9 Å². The highest BCUT2D eigenvalue weighted by atomic mass is 16.5. The molecule has 2 N–H and O–H groups in total. The predicted molar refractivity (Wildman–Crippen MR) is 114 cm³/mol. The van der Waals surface area contributed by atoms with Gasteiger partial charge < -0.3 is 9.84 Å². The minimum atomic E-state index is -0.539. The molecule has 4 aromatic carbocycles. The average molecular weight is 381 g/mol. The molecule has 1 aliphatic carbocycles. The van der Waals surface area contributed by atoms with Crippen LogP contribution >= 0.6 is 0 Å². The lowest BCUT2D eigenvalue weighted by Crippen LogP contribution is -2.18. The summed E-state index contributed by atoms with van der Waals surface area (Å²) in [7, 11) is 0. The predicted octanol–water partition coefficient (Wildman–Crippen LogP) is 5.91. The normalized spacial score (nSPS) is 12.4. The molecule has 0 heterocycles. The number of amides is 1. The molecule has 4 aromatic rings. The Hall–Kier alpha value is -3.79. The maximum atomic E-state index is 12.5. The number of hydrogen-bond donors (Lipinski definition) is 2. The van der Waals surface area contributed by atoms with Crippen molar-refractivity contribution >= 4 is 22.6 Å². The van der Waals surface area contributed by atoms with Crippen LogP contribution in [0.2, 0.25) is 0 Å². The highest BCUT2D eigenvalue weighted by molar-refractivity contribution is 6.03. The largest absolute Gasteiger partial charge is 0.507 e. The zero-order valence-electron chi connectivity index (χ0n) is 15.6. The minimum absolute atomic E-state index is 0.00840. The van der Waals surface area contributed by atoms with Crippen molar-refractivity contribution in [3.05, 3.63) is 96.1 Å². The molecule has 0 saturated heterocycles. The van der Waals surface area contributed by atoms with E-state index in [1.807, 2.05) is 42.5 Å². The summed E-state index contributed by atoms with van der Waals surface area (Å²) in [6.45, 7) is 0.247. The fourth-order valence-electron chi connectivity index (χ4n) is 4.17. The monoisotopic (exact) mass is 381 g/mol. The number of phenols is 1.